The average Bonchev–Trinajstić information content (AvgIpc) is 2.65. The Labute approximate surface area is 94.4 Å². The quantitative estimate of drug-likeness (QED) is 0.686. The van der Waals surface area contributed by atoms with Gasteiger partial charge in [0.15, 0.2) is 0 Å². The number of anilines is 1. The van der Waals surface area contributed by atoms with Crippen molar-refractivity contribution in [2.75, 3.05) is 18.4 Å². The van der Waals surface area contributed by atoms with Crippen LogP contribution in [0.4, 0.5) is 5.69 Å². The van der Waals surface area contributed by atoms with Crippen molar-refractivity contribution in [1.29, 1.82) is 0 Å². The molecule has 16 heavy (non-hydrogen) atoms. The Morgan fingerprint density at radius 3 is 3.12 bits per heavy atom. The first-order valence-corrected chi connectivity index (χ1v) is 5.34. The van der Waals surface area contributed by atoms with Crippen molar-refractivity contribution in [2.24, 2.45) is 5.73 Å². The number of primary amides is 1. The van der Waals surface area contributed by atoms with E-state index in [2.05, 4.69) is 22.5 Å². The molecule has 1 aromatic rings. The van der Waals surface area contributed by atoms with Gasteiger partial charge in [-0.15, -0.1) is 0 Å². The maximum absolute atomic E-state index is 11.0. The molecule has 5 heteroatoms. The largest absolute Gasteiger partial charge is 0.378 e. The number of aromatic nitrogens is 1. The Morgan fingerprint density at radius 1 is 1.69 bits per heavy atom. The van der Waals surface area contributed by atoms with E-state index in [0.29, 0.717) is 5.69 Å². The number of rotatable bonds is 3. The second-order valence-corrected chi connectivity index (χ2v) is 4.41. The van der Waals surface area contributed by atoms with Crippen molar-refractivity contribution < 1.29 is 4.79 Å². The lowest BCUT2D eigenvalue weighted by Gasteiger charge is -2.25. The molecule has 2 rings (SSSR count). The standard InChI is InChI=1S/C11H16N4O/c1-11(3-5-13-7-11)15-8-2-4-14-9(6-8)10(12)16/h2,4,6,13H,3,5,7H2,1H3,(H2,12,16)(H,14,15). The number of carbonyl (C=O) groups is 1. The van der Waals surface area contributed by atoms with Crippen molar-refractivity contribution in [2.45, 2.75) is 18.9 Å². The zero-order chi connectivity index (χ0) is 11.6. The van der Waals surface area contributed by atoms with Crippen molar-refractivity contribution in [3.63, 3.8) is 0 Å². The van der Waals surface area contributed by atoms with Gasteiger partial charge in [-0.2, -0.15) is 0 Å². The topological polar surface area (TPSA) is 80.0 Å². The van der Waals surface area contributed by atoms with Crippen LogP contribution in [0.1, 0.15) is 23.8 Å². The molecule has 4 N–H and O–H groups in total. The van der Waals surface area contributed by atoms with Crippen molar-refractivity contribution in [3.05, 3.63) is 24.0 Å². The summed E-state index contributed by atoms with van der Waals surface area (Å²) in [5.41, 5.74) is 6.40. The Bertz CT molecular complexity index is 399. The van der Waals surface area contributed by atoms with E-state index in [9.17, 15) is 4.79 Å². The predicted octanol–water partition coefficient (Wildman–Crippen LogP) is 0.344. The number of nitrogens with one attached hydrogen (secondary N) is 2. The van der Waals surface area contributed by atoms with Crippen LogP contribution in [0.3, 0.4) is 0 Å². The number of nitrogens with two attached hydrogens (primary N) is 1. The monoisotopic (exact) mass is 220 g/mol. The summed E-state index contributed by atoms with van der Waals surface area (Å²) in [5, 5.41) is 6.70. The lowest BCUT2D eigenvalue weighted by Crippen LogP contribution is -2.36. The highest BCUT2D eigenvalue weighted by Gasteiger charge is 2.28. The normalized spacial score (nSPS) is 24.3. The number of nitrogens with zero attached hydrogens (tertiary/aromatic N) is 1. The Morgan fingerprint density at radius 2 is 2.50 bits per heavy atom. The molecule has 0 bridgehead atoms. The van der Waals surface area contributed by atoms with E-state index >= 15 is 0 Å². The van der Waals surface area contributed by atoms with Crippen LogP contribution >= 0.6 is 0 Å². The van der Waals surface area contributed by atoms with Gasteiger partial charge in [0.25, 0.3) is 5.91 Å². The summed E-state index contributed by atoms with van der Waals surface area (Å²) >= 11 is 0. The second kappa shape index (κ2) is 4.09. The molecule has 1 aliphatic rings. The molecule has 0 saturated carbocycles. The molecule has 1 aromatic heterocycles. The summed E-state index contributed by atoms with van der Waals surface area (Å²) in [6.07, 6.45) is 2.65. The van der Waals surface area contributed by atoms with Crippen molar-refractivity contribution in [1.82, 2.24) is 10.3 Å². The molecule has 0 aliphatic carbocycles. The molecular weight excluding hydrogens is 204 g/mol. The van der Waals surface area contributed by atoms with E-state index in [1.807, 2.05) is 6.07 Å². The van der Waals surface area contributed by atoms with Gasteiger partial charge in [0.2, 0.25) is 0 Å². The first kappa shape index (κ1) is 10.9. The molecule has 0 spiro atoms. The van der Waals surface area contributed by atoms with E-state index in [1.54, 1.807) is 12.3 Å². The summed E-state index contributed by atoms with van der Waals surface area (Å²) in [6.45, 7) is 4.08. The van der Waals surface area contributed by atoms with Crippen molar-refractivity contribution in [3.8, 4) is 0 Å². The minimum absolute atomic E-state index is 0.0380. The van der Waals surface area contributed by atoms with E-state index < -0.39 is 5.91 Å². The van der Waals surface area contributed by atoms with Crippen molar-refractivity contribution >= 4 is 11.6 Å². The SMILES string of the molecule is CC1(Nc2ccnc(C(N)=O)c2)CCNC1. The third-order valence-corrected chi connectivity index (χ3v) is 2.83. The highest BCUT2D eigenvalue weighted by Crippen LogP contribution is 2.20. The molecule has 5 nitrogen and oxygen atoms in total. The number of hydrogen-bond acceptors (Lipinski definition) is 4. The summed E-state index contributed by atoms with van der Waals surface area (Å²) in [6, 6.07) is 3.53. The van der Waals surface area contributed by atoms with Gasteiger partial charge in [0.05, 0.1) is 0 Å². The maximum atomic E-state index is 11.0. The van der Waals surface area contributed by atoms with Gasteiger partial charge in [-0.3, -0.25) is 9.78 Å². The van der Waals surface area contributed by atoms with Gasteiger partial charge in [-0.05, 0) is 32.0 Å². The molecule has 86 valence electrons. The summed E-state index contributed by atoms with van der Waals surface area (Å²) in [5.74, 6) is -0.502. The maximum Gasteiger partial charge on any atom is 0.267 e. The summed E-state index contributed by atoms with van der Waals surface area (Å²) < 4.78 is 0. The third kappa shape index (κ3) is 2.30. The minimum Gasteiger partial charge on any atom is -0.378 e. The van der Waals surface area contributed by atoms with E-state index in [1.165, 1.54) is 0 Å². The fourth-order valence-electron chi connectivity index (χ4n) is 1.92. The fraction of sp³-hybridized carbons (Fsp3) is 0.455. The molecule has 1 saturated heterocycles. The summed E-state index contributed by atoms with van der Waals surface area (Å²) in [7, 11) is 0. The molecule has 1 fully saturated rings. The second-order valence-electron chi connectivity index (χ2n) is 4.41. The molecule has 1 unspecified atom stereocenters. The number of carbonyl (C=O) groups excluding carboxylic acids is 1. The molecule has 2 heterocycles. The van der Waals surface area contributed by atoms with Gasteiger partial charge >= 0.3 is 0 Å². The van der Waals surface area contributed by atoms with E-state index in [-0.39, 0.29) is 5.54 Å². The first-order chi connectivity index (χ1) is 7.59. The lowest BCUT2D eigenvalue weighted by molar-refractivity contribution is 0.0995. The number of amides is 1. The van der Waals surface area contributed by atoms with Gasteiger partial charge in [-0.25, -0.2) is 0 Å². The number of hydrogen-bond donors (Lipinski definition) is 3. The van der Waals surface area contributed by atoms with Crippen LogP contribution in [0.2, 0.25) is 0 Å². The Hall–Kier alpha value is -1.62. The number of pyridine rings is 1. The van der Waals surface area contributed by atoms with Crippen LogP contribution in [0.15, 0.2) is 18.3 Å². The van der Waals surface area contributed by atoms with Crippen LogP contribution in [0, 0.1) is 0 Å². The van der Waals surface area contributed by atoms with Gasteiger partial charge in [0.1, 0.15) is 5.69 Å². The van der Waals surface area contributed by atoms with Crippen LogP contribution in [0.5, 0.6) is 0 Å². The fourth-order valence-corrected chi connectivity index (χ4v) is 1.92. The van der Waals surface area contributed by atoms with E-state index in [4.69, 9.17) is 5.73 Å². The summed E-state index contributed by atoms with van der Waals surface area (Å²) in [4.78, 5) is 14.9. The Kier molecular flexibility index (Phi) is 2.78. The van der Waals surface area contributed by atoms with Crippen LogP contribution in [-0.2, 0) is 0 Å². The molecule has 1 atom stereocenters. The smallest absolute Gasteiger partial charge is 0.267 e. The molecular formula is C11H16N4O. The van der Waals surface area contributed by atoms with Crippen LogP contribution < -0.4 is 16.4 Å². The highest BCUT2D eigenvalue weighted by molar-refractivity contribution is 5.91. The predicted molar refractivity (Wildman–Crippen MR) is 62.3 cm³/mol. The third-order valence-electron chi connectivity index (χ3n) is 2.83. The zero-order valence-electron chi connectivity index (χ0n) is 9.29. The van der Waals surface area contributed by atoms with Gasteiger partial charge in [-0.1, -0.05) is 0 Å². The lowest BCUT2D eigenvalue weighted by atomic mass is 10.0. The van der Waals surface area contributed by atoms with E-state index in [0.717, 1.165) is 25.2 Å². The highest BCUT2D eigenvalue weighted by atomic mass is 16.1. The molecule has 0 radical (unpaired) electrons. The zero-order valence-corrected chi connectivity index (χ0v) is 9.29. The minimum atomic E-state index is -0.502. The molecule has 1 aliphatic heterocycles. The van der Waals surface area contributed by atoms with Gasteiger partial charge in [0, 0.05) is 24.0 Å². The molecule has 0 aromatic carbocycles. The average molecular weight is 220 g/mol. The molecule has 1 amide bonds. The Balaban J connectivity index is 2.15. The van der Waals surface area contributed by atoms with Crippen LogP contribution in [0.25, 0.3) is 0 Å². The van der Waals surface area contributed by atoms with Crippen LogP contribution in [-0.4, -0.2) is 29.5 Å². The van der Waals surface area contributed by atoms with Gasteiger partial charge < -0.3 is 16.4 Å². The first-order valence-electron chi connectivity index (χ1n) is 5.34.